The van der Waals surface area contributed by atoms with Crippen molar-refractivity contribution in [3.63, 3.8) is 0 Å². The Labute approximate surface area is 93.2 Å². The second-order valence-corrected chi connectivity index (χ2v) is 3.82. The van der Waals surface area contributed by atoms with Crippen molar-refractivity contribution in [3.05, 3.63) is 47.2 Å². The van der Waals surface area contributed by atoms with Gasteiger partial charge in [0.1, 0.15) is 5.75 Å². The highest BCUT2D eigenvalue weighted by Gasteiger charge is 2.02. The summed E-state index contributed by atoms with van der Waals surface area (Å²) in [6.45, 7) is 1.98. The van der Waals surface area contributed by atoms with Crippen molar-refractivity contribution < 1.29 is 5.11 Å². The average Bonchev–Trinajstić information content (AvgIpc) is 2.22. The molecule has 0 spiro atoms. The number of rotatable bonds is 1. The van der Waals surface area contributed by atoms with Crippen molar-refractivity contribution in [2.24, 2.45) is 0 Å². The molecule has 76 valence electrons. The van der Waals surface area contributed by atoms with Crippen LogP contribution in [-0.4, -0.2) is 10.1 Å². The van der Waals surface area contributed by atoms with Gasteiger partial charge in [0.15, 0.2) is 0 Å². The molecule has 0 fully saturated rings. The number of halogens is 1. The fraction of sp³-hybridized carbons (Fsp3) is 0.0833. The summed E-state index contributed by atoms with van der Waals surface area (Å²) >= 11 is 5.73. The molecule has 0 bridgehead atoms. The largest absolute Gasteiger partial charge is 0.506 e. The molecule has 1 aromatic carbocycles. The molecule has 1 aromatic heterocycles. The molecule has 3 heteroatoms. The summed E-state index contributed by atoms with van der Waals surface area (Å²) in [5.74, 6) is 0.0932. The Bertz CT molecular complexity index is 497. The van der Waals surface area contributed by atoms with Crippen molar-refractivity contribution in [1.82, 2.24) is 4.98 Å². The molecule has 0 aliphatic heterocycles. The minimum Gasteiger partial charge on any atom is -0.506 e. The topological polar surface area (TPSA) is 33.1 Å². The summed E-state index contributed by atoms with van der Waals surface area (Å²) in [5.41, 5.74) is 2.97. The Morgan fingerprint density at radius 1 is 1.13 bits per heavy atom. The van der Waals surface area contributed by atoms with Gasteiger partial charge < -0.3 is 5.11 Å². The van der Waals surface area contributed by atoms with Gasteiger partial charge in [-0.2, -0.15) is 0 Å². The van der Waals surface area contributed by atoms with Crippen molar-refractivity contribution in [2.45, 2.75) is 6.92 Å². The monoisotopic (exact) mass is 219 g/mol. The molecule has 2 nitrogen and oxygen atoms in total. The van der Waals surface area contributed by atoms with Gasteiger partial charge in [0.25, 0.3) is 0 Å². The van der Waals surface area contributed by atoms with Crippen LogP contribution in [0.2, 0.25) is 5.02 Å². The number of hydrogen-bond acceptors (Lipinski definition) is 2. The third-order valence-corrected chi connectivity index (χ3v) is 2.47. The van der Waals surface area contributed by atoms with E-state index in [0.29, 0.717) is 5.02 Å². The number of benzene rings is 1. The number of phenols is 1. The summed E-state index contributed by atoms with van der Waals surface area (Å²) in [5, 5.41) is 9.84. The lowest BCUT2D eigenvalue weighted by Crippen LogP contribution is -1.82. The Kier molecular flexibility index (Phi) is 2.60. The highest BCUT2D eigenvalue weighted by atomic mass is 35.5. The lowest BCUT2D eigenvalue weighted by atomic mass is 10.1. The second-order valence-electron chi connectivity index (χ2n) is 3.42. The van der Waals surface area contributed by atoms with Gasteiger partial charge in [0.05, 0.1) is 5.02 Å². The summed E-state index contributed by atoms with van der Waals surface area (Å²) in [4.78, 5) is 4.10. The van der Waals surface area contributed by atoms with Crippen LogP contribution >= 0.6 is 11.6 Å². The molecule has 0 aliphatic carbocycles. The van der Waals surface area contributed by atoms with E-state index in [-0.39, 0.29) is 5.75 Å². The van der Waals surface area contributed by atoms with Crippen molar-refractivity contribution in [3.8, 4) is 16.9 Å². The minimum atomic E-state index is 0.0932. The summed E-state index contributed by atoms with van der Waals surface area (Å²) in [7, 11) is 0. The first-order valence-corrected chi connectivity index (χ1v) is 4.95. The predicted octanol–water partition coefficient (Wildman–Crippen LogP) is 3.42. The summed E-state index contributed by atoms with van der Waals surface area (Å²) in [6.07, 6.45) is 3.55. The van der Waals surface area contributed by atoms with E-state index in [2.05, 4.69) is 4.98 Å². The molecule has 0 atom stereocenters. The highest BCUT2D eigenvalue weighted by Crippen LogP contribution is 2.29. The molecule has 0 radical (unpaired) electrons. The number of nitrogens with zero attached hydrogens (tertiary/aromatic N) is 1. The van der Waals surface area contributed by atoms with Gasteiger partial charge in [0, 0.05) is 18.0 Å². The highest BCUT2D eigenvalue weighted by molar-refractivity contribution is 6.32. The number of pyridine rings is 1. The SMILES string of the molecule is Cc1cncc(-c2ccc(Cl)c(O)c2)c1. The quantitative estimate of drug-likeness (QED) is 0.797. The van der Waals surface area contributed by atoms with E-state index < -0.39 is 0 Å². The van der Waals surface area contributed by atoms with Crippen LogP contribution in [0.1, 0.15) is 5.56 Å². The fourth-order valence-corrected chi connectivity index (χ4v) is 1.52. The first kappa shape index (κ1) is 9.99. The lowest BCUT2D eigenvalue weighted by molar-refractivity contribution is 0.476. The maximum Gasteiger partial charge on any atom is 0.134 e. The number of hydrogen-bond donors (Lipinski definition) is 1. The Balaban J connectivity index is 2.50. The standard InChI is InChI=1S/C12H10ClNO/c1-8-4-10(7-14-6-8)9-2-3-11(13)12(15)5-9/h2-7,15H,1H3. The van der Waals surface area contributed by atoms with Crippen LogP contribution < -0.4 is 0 Å². The maximum atomic E-state index is 9.48. The molecular formula is C12H10ClNO. The van der Waals surface area contributed by atoms with E-state index in [0.717, 1.165) is 16.7 Å². The molecule has 1 N–H and O–H groups in total. The van der Waals surface area contributed by atoms with E-state index in [9.17, 15) is 5.11 Å². The Morgan fingerprint density at radius 2 is 1.93 bits per heavy atom. The molecule has 0 unspecified atom stereocenters. The van der Waals surface area contributed by atoms with Gasteiger partial charge in [-0.15, -0.1) is 0 Å². The third kappa shape index (κ3) is 2.10. The molecule has 15 heavy (non-hydrogen) atoms. The third-order valence-electron chi connectivity index (χ3n) is 2.15. The van der Waals surface area contributed by atoms with Gasteiger partial charge in [-0.3, -0.25) is 4.98 Å². The van der Waals surface area contributed by atoms with Crippen LogP contribution in [0.3, 0.4) is 0 Å². The maximum absolute atomic E-state index is 9.48. The molecule has 2 rings (SSSR count). The Hall–Kier alpha value is -1.54. The smallest absolute Gasteiger partial charge is 0.134 e. The lowest BCUT2D eigenvalue weighted by Gasteiger charge is -2.03. The van der Waals surface area contributed by atoms with Crippen molar-refractivity contribution in [1.29, 1.82) is 0 Å². The molecular weight excluding hydrogens is 210 g/mol. The first-order chi connectivity index (χ1) is 7.16. The summed E-state index contributed by atoms with van der Waals surface area (Å²) < 4.78 is 0. The van der Waals surface area contributed by atoms with Gasteiger partial charge in [-0.25, -0.2) is 0 Å². The Morgan fingerprint density at radius 3 is 2.60 bits per heavy atom. The minimum absolute atomic E-state index is 0.0932. The molecule has 2 aromatic rings. The molecule has 0 saturated heterocycles. The van der Waals surface area contributed by atoms with Crippen LogP contribution in [0.5, 0.6) is 5.75 Å². The number of aromatic hydroxyl groups is 1. The van der Waals surface area contributed by atoms with E-state index in [1.165, 1.54) is 0 Å². The van der Waals surface area contributed by atoms with Gasteiger partial charge >= 0.3 is 0 Å². The molecule has 0 amide bonds. The zero-order valence-corrected chi connectivity index (χ0v) is 8.99. The van der Waals surface area contributed by atoms with E-state index in [1.807, 2.05) is 19.1 Å². The van der Waals surface area contributed by atoms with Crippen molar-refractivity contribution >= 4 is 11.6 Å². The molecule has 1 heterocycles. The van der Waals surface area contributed by atoms with Crippen LogP contribution in [0.15, 0.2) is 36.7 Å². The molecule has 0 aliphatic rings. The normalized spacial score (nSPS) is 10.3. The fourth-order valence-electron chi connectivity index (χ4n) is 1.41. The molecule has 0 saturated carbocycles. The zero-order chi connectivity index (χ0) is 10.8. The average molecular weight is 220 g/mol. The van der Waals surface area contributed by atoms with Crippen LogP contribution in [0.25, 0.3) is 11.1 Å². The zero-order valence-electron chi connectivity index (χ0n) is 8.24. The van der Waals surface area contributed by atoms with Crippen LogP contribution in [-0.2, 0) is 0 Å². The van der Waals surface area contributed by atoms with Gasteiger partial charge in [-0.1, -0.05) is 17.7 Å². The predicted molar refractivity (Wildman–Crippen MR) is 61.1 cm³/mol. The van der Waals surface area contributed by atoms with E-state index >= 15 is 0 Å². The van der Waals surface area contributed by atoms with E-state index in [4.69, 9.17) is 11.6 Å². The van der Waals surface area contributed by atoms with Gasteiger partial charge in [0.2, 0.25) is 0 Å². The number of aromatic nitrogens is 1. The summed E-state index contributed by atoms with van der Waals surface area (Å²) in [6, 6.07) is 7.18. The van der Waals surface area contributed by atoms with Crippen molar-refractivity contribution in [2.75, 3.05) is 0 Å². The van der Waals surface area contributed by atoms with Crippen LogP contribution in [0, 0.1) is 6.92 Å². The number of aryl methyl sites for hydroxylation is 1. The first-order valence-electron chi connectivity index (χ1n) is 4.57. The second kappa shape index (κ2) is 3.91. The van der Waals surface area contributed by atoms with Crippen LogP contribution in [0.4, 0.5) is 0 Å². The number of phenolic OH excluding ortho intramolecular Hbond substituents is 1. The van der Waals surface area contributed by atoms with E-state index in [1.54, 1.807) is 24.5 Å². The van der Waals surface area contributed by atoms with Gasteiger partial charge in [-0.05, 0) is 36.2 Å².